The third-order valence-corrected chi connectivity index (χ3v) is 4.18. The van der Waals surface area contributed by atoms with Gasteiger partial charge in [0.15, 0.2) is 23.9 Å². The summed E-state index contributed by atoms with van der Waals surface area (Å²) in [6.07, 6.45) is 2.60. The quantitative estimate of drug-likeness (QED) is 0.412. The fourth-order valence-corrected chi connectivity index (χ4v) is 2.82. The van der Waals surface area contributed by atoms with Gasteiger partial charge in [-0.25, -0.2) is 9.78 Å². The first-order chi connectivity index (χ1) is 14.9. The molecule has 0 saturated carbocycles. The molecule has 0 spiro atoms. The van der Waals surface area contributed by atoms with Gasteiger partial charge in [-0.3, -0.25) is 9.36 Å². The minimum Gasteiger partial charge on any atom is -0.493 e. The molecule has 3 rings (SSSR count). The smallest absolute Gasteiger partial charge is 0.331 e. The number of para-hydroxylation sites is 2. The van der Waals surface area contributed by atoms with Gasteiger partial charge in [-0.1, -0.05) is 18.2 Å². The number of methoxy groups -OCH3 is 1. The molecule has 0 saturated heterocycles. The van der Waals surface area contributed by atoms with Crippen LogP contribution in [-0.4, -0.2) is 35.1 Å². The van der Waals surface area contributed by atoms with Crippen molar-refractivity contribution < 1.29 is 32.6 Å². The maximum absolute atomic E-state index is 13.4. The zero-order valence-electron chi connectivity index (χ0n) is 16.5. The summed E-state index contributed by atoms with van der Waals surface area (Å²) in [4.78, 5) is 27.0. The van der Waals surface area contributed by atoms with Gasteiger partial charge in [-0.05, 0) is 35.9 Å². The van der Waals surface area contributed by atoms with Gasteiger partial charge < -0.3 is 19.9 Å². The molecule has 0 bridgehead atoms. The average molecular weight is 431 g/mol. The van der Waals surface area contributed by atoms with E-state index in [9.17, 15) is 18.4 Å². The number of nitrogens with zero attached hydrogens (tertiary/aromatic N) is 2. The Balaban J connectivity index is 1.67. The van der Waals surface area contributed by atoms with Gasteiger partial charge in [0.1, 0.15) is 6.61 Å². The van der Waals surface area contributed by atoms with Gasteiger partial charge in [0.05, 0.1) is 18.1 Å². The van der Waals surface area contributed by atoms with Crippen LogP contribution in [0.3, 0.4) is 0 Å². The second kappa shape index (κ2) is 9.70. The summed E-state index contributed by atoms with van der Waals surface area (Å²) < 4.78 is 43.0. The molecule has 1 amide bonds. The van der Waals surface area contributed by atoms with Crippen molar-refractivity contribution in [1.29, 1.82) is 0 Å². The van der Waals surface area contributed by atoms with E-state index in [4.69, 9.17) is 19.9 Å². The first-order valence-electron chi connectivity index (χ1n) is 9.07. The van der Waals surface area contributed by atoms with E-state index < -0.39 is 25.0 Å². The molecule has 10 heteroatoms. The molecule has 0 aliphatic carbocycles. The standard InChI is InChI=1S/C21H19F2N3O5/c1-29-17-10-13(6-8-16(17)30-11-18(24)27)7-9-20(28)31-12-19-25-14-4-2-3-5-15(14)26(19)21(22)23/h2-10,21H,11-12H2,1H3,(H2,24,27)/b9-7+. The Bertz CT molecular complexity index is 1130. The summed E-state index contributed by atoms with van der Waals surface area (Å²) in [7, 11) is 1.42. The molecule has 2 aromatic carbocycles. The van der Waals surface area contributed by atoms with E-state index in [2.05, 4.69) is 4.98 Å². The number of hydrogen-bond acceptors (Lipinski definition) is 6. The van der Waals surface area contributed by atoms with Crippen molar-refractivity contribution in [3.05, 3.63) is 59.9 Å². The second-order valence-electron chi connectivity index (χ2n) is 6.27. The van der Waals surface area contributed by atoms with E-state index in [1.807, 2.05) is 0 Å². The summed E-state index contributed by atoms with van der Waals surface area (Å²) in [5.41, 5.74) is 6.27. The molecule has 31 heavy (non-hydrogen) atoms. The van der Waals surface area contributed by atoms with Crippen LogP contribution in [0.25, 0.3) is 17.1 Å². The number of imidazole rings is 1. The zero-order chi connectivity index (χ0) is 22.4. The number of nitrogens with two attached hydrogens (primary N) is 1. The largest absolute Gasteiger partial charge is 0.493 e. The molecular formula is C21H19F2N3O5. The molecule has 0 radical (unpaired) electrons. The predicted molar refractivity (Wildman–Crippen MR) is 107 cm³/mol. The molecule has 162 valence electrons. The molecule has 8 nitrogen and oxygen atoms in total. The Morgan fingerprint density at radius 2 is 1.97 bits per heavy atom. The summed E-state index contributed by atoms with van der Waals surface area (Å²) in [6.45, 7) is -3.54. The summed E-state index contributed by atoms with van der Waals surface area (Å²) in [5, 5.41) is 0. The maximum atomic E-state index is 13.4. The first-order valence-corrected chi connectivity index (χ1v) is 9.07. The van der Waals surface area contributed by atoms with Gasteiger partial charge in [0.2, 0.25) is 0 Å². The van der Waals surface area contributed by atoms with Crippen LogP contribution < -0.4 is 15.2 Å². The highest BCUT2D eigenvalue weighted by Crippen LogP contribution is 2.28. The van der Waals surface area contributed by atoms with E-state index in [0.717, 1.165) is 10.6 Å². The van der Waals surface area contributed by atoms with E-state index in [1.54, 1.807) is 36.4 Å². The molecule has 3 aromatic rings. The fraction of sp³-hybridized carbons (Fsp3) is 0.190. The highest BCUT2D eigenvalue weighted by molar-refractivity contribution is 5.87. The Hall–Kier alpha value is -3.95. The van der Waals surface area contributed by atoms with Gasteiger partial charge in [0, 0.05) is 6.08 Å². The third-order valence-electron chi connectivity index (χ3n) is 4.18. The predicted octanol–water partition coefficient (Wildman–Crippen LogP) is 3.06. The van der Waals surface area contributed by atoms with Crippen molar-refractivity contribution in [3.63, 3.8) is 0 Å². The highest BCUT2D eigenvalue weighted by Gasteiger charge is 2.18. The minimum atomic E-state index is -2.82. The van der Waals surface area contributed by atoms with Crippen LogP contribution in [0.1, 0.15) is 17.9 Å². The lowest BCUT2D eigenvalue weighted by Gasteiger charge is -2.10. The SMILES string of the molecule is COc1cc(/C=C/C(=O)OCc2nc3ccccc3n2C(F)F)ccc1OCC(N)=O. The number of halogens is 2. The second-order valence-corrected chi connectivity index (χ2v) is 6.27. The topological polar surface area (TPSA) is 106 Å². The summed E-state index contributed by atoms with van der Waals surface area (Å²) in [6, 6.07) is 11.2. The molecule has 0 aliphatic heterocycles. The molecule has 0 atom stereocenters. The average Bonchev–Trinajstić information content (AvgIpc) is 3.13. The summed E-state index contributed by atoms with van der Waals surface area (Å²) in [5.74, 6) is -0.778. The van der Waals surface area contributed by atoms with Gasteiger partial charge >= 0.3 is 12.5 Å². The number of esters is 1. The number of aromatic nitrogens is 2. The highest BCUT2D eigenvalue weighted by atomic mass is 19.3. The van der Waals surface area contributed by atoms with Crippen LogP contribution in [0, 0.1) is 0 Å². The van der Waals surface area contributed by atoms with Gasteiger partial charge in [-0.15, -0.1) is 0 Å². The van der Waals surface area contributed by atoms with Crippen LogP contribution in [0.4, 0.5) is 8.78 Å². The Labute approximate surface area is 175 Å². The lowest BCUT2D eigenvalue weighted by atomic mass is 10.2. The number of amides is 1. The van der Waals surface area contributed by atoms with Crippen LogP contribution in [0.2, 0.25) is 0 Å². The fourth-order valence-electron chi connectivity index (χ4n) is 2.82. The number of rotatable bonds is 9. The van der Waals surface area contributed by atoms with E-state index in [1.165, 1.54) is 19.3 Å². The van der Waals surface area contributed by atoms with Crippen molar-refractivity contribution in [2.45, 2.75) is 13.2 Å². The van der Waals surface area contributed by atoms with E-state index in [-0.39, 0.29) is 17.9 Å². The van der Waals surface area contributed by atoms with Gasteiger partial charge in [-0.2, -0.15) is 8.78 Å². The Morgan fingerprint density at radius 3 is 2.68 bits per heavy atom. The summed E-state index contributed by atoms with van der Waals surface area (Å²) >= 11 is 0. The van der Waals surface area contributed by atoms with Crippen molar-refractivity contribution in [3.8, 4) is 11.5 Å². The van der Waals surface area contributed by atoms with Crippen LogP contribution in [0.5, 0.6) is 11.5 Å². The van der Waals surface area contributed by atoms with Crippen molar-refractivity contribution in [1.82, 2.24) is 9.55 Å². The number of benzene rings is 2. The number of alkyl halides is 2. The van der Waals surface area contributed by atoms with Gasteiger partial charge in [0.25, 0.3) is 5.91 Å². The minimum absolute atomic E-state index is 0.0597. The molecule has 1 heterocycles. The number of carbonyl (C=O) groups excluding carboxylic acids is 2. The first kappa shape index (κ1) is 21.8. The maximum Gasteiger partial charge on any atom is 0.331 e. The molecule has 0 unspecified atom stereocenters. The van der Waals surface area contributed by atoms with Crippen molar-refractivity contribution in [2.75, 3.05) is 13.7 Å². The number of fused-ring (bicyclic) bond motifs is 1. The zero-order valence-corrected chi connectivity index (χ0v) is 16.5. The lowest BCUT2D eigenvalue weighted by molar-refractivity contribution is -0.139. The molecule has 0 fully saturated rings. The number of ether oxygens (including phenoxy) is 3. The van der Waals surface area contributed by atoms with E-state index in [0.29, 0.717) is 22.6 Å². The monoisotopic (exact) mass is 431 g/mol. The number of hydrogen-bond donors (Lipinski definition) is 1. The Kier molecular flexibility index (Phi) is 6.81. The van der Waals surface area contributed by atoms with Crippen LogP contribution in [-0.2, 0) is 20.9 Å². The third kappa shape index (κ3) is 5.35. The van der Waals surface area contributed by atoms with Crippen molar-refractivity contribution >= 4 is 29.0 Å². The van der Waals surface area contributed by atoms with Crippen LogP contribution in [0.15, 0.2) is 48.5 Å². The van der Waals surface area contributed by atoms with Crippen LogP contribution >= 0.6 is 0 Å². The lowest BCUT2D eigenvalue weighted by Crippen LogP contribution is -2.20. The molecular weight excluding hydrogens is 412 g/mol. The number of carbonyl (C=O) groups is 2. The molecule has 1 aromatic heterocycles. The normalized spacial score (nSPS) is 11.2. The van der Waals surface area contributed by atoms with Crippen molar-refractivity contribution in [2.24, 2.45) is 5.73 Å². The van der Waals surface area contributed by atoms with E-state index >= 15 is 0 Å². The molecule has 2 N–H and O–H groups in total. The Morgan fingerprint density at radius 1 is 1.19 bits per heavy atom. The number of primary amides is 1. The molecule has 0 aliphatic rings.